The molecule has 2 heterocycles. The number of halogens is 1. The molecule has 0 spiro atoms. The van der Waals surface area contributed by atoms with E-state index in [1.54, 1.807) is 23.6 Å². The second-order valence-corrected chi connectivity index (χ2v) is 9.06. The van der Waals surface area contributed by atoms with Crippen LogP contribution in [0.2, 0.25) is 0 Å². The Labute approximate surface area is 153 Å². The molecule has 0 fully saturated rings. The smallest absolute Gasteiger partial charge is 0.240 e. The number of thiophene rings is 2. The number of ketones is 1. The maximum absolute atomic E-state index is 13.3. The summed E-state index contributed by atoms with van der Waals surface area (Å²) in [6.45, 7) is 1.58. The van der Waals surface area contributed by atoms with Crippen molar-refractivity contribution in [3.63, 3.8) is 0 Å². The zero-order chi connectivity index (χ0) is 18.0. The first-order valence-electron chi connectivity index (χ1n) is 7.28. The normalized spacial score (nSPS) is 11.6. The minimum atomic E-state index is -3.75. The highest BCUT2D eigenvalue weighted by atomic mass is 32.2. The minimum absolute atomic E-state index is 0.0116. The van der Waals surface area contributed by atoms with E-state index in [0.29, 0.717) is 10.4 Å². The molecule has 0 saturated carbocycles. The third-order valence-corrected chi connectivity index (χ3v) is 6.71. The fourth-order valence-corrected chi connectivity index (χ4v) is 4.89. The molecule has 1 N–H and O–H groups in total. The van der Waals surface area contributed by atoms with Crippen LogP contribution in [0.5, 0.6) is 0 Å². The molecule has 0 bridgehead atoms. The number of rotatable bonds is 6. The number of hydrogen-bond donors (Lipinski definition) is 1. The summed E-state index contributed by atoms with van der Waals surface area (Å²) in [4.78, 5) is 13.6. The van der Waals surface area contributed by atoms with E-state index in [9.17, 15) is 17.6 Å². The van der Waals surface area contributed by atoms with Crippen molar-refractivity contribution in [3.05, 3.63) is 73.9 Å². The van der Waals surface area contributed by atoms with Gasteiger partial charge >= 0.3 is 0 Å². The Morgan fingerprint density at radius 3 is 2.68 bits per heavy atom. The van der Waals surface area contributed by atoms with E-state index in [1.165, 1.54) is 41.7 Å². The average molecular weight is 396 g/mol. The lowest BCUT2D eigenvalue weighted by Crippen LogP contribution is -2.22. The van der Waals surface area contributed by atoms with Gasteiger partial charge in [0.05, 0.1) is 9.77 Å². The van der Waals surface area contributed by atoms with Crippen molar-refractivity contribution in [1.82, 2.24) is 4.72 Å². The van der Waals surface area contributed by atoms with Crippen molar-refractivity contribution in [3.8, 4) is 0 Å². The molecular weight excluding hydrogens is 381 g/mol. The van der Waals surface area contributed by atoms with E-state index in [0.717, 1.165) is 10.9 Å². The lowest BCUT2D eigenvalue weighted by molar-refractivity contribution is 0.104. The van der Waals surface area contributed by atoms with Gasteiger partial charge in [0.2, 0.25) is 15.8 Å². The largest absolute Gasteiger partial charge is 0.288 e. The Balaban J connectivity index is 1.71. The molecule has 3 rings (SSSR count). The van der Waals surface area contributed by atoms with Gasteiger partial charge in [-0.2, -0.15) is 11.3 Å². The number of carbonyl (C=O) groups is 1. The molecular formula is C17H14FNO3S3. The molecule has 0 saturated heterocycles. The number of benzene rings is 1. The Morgan fingerprint density at radius 2 is 2.00 bits per heavy atom. The maximum atomic E-state index is 13.3. The van der Waals surface area contributed by atoms with Crippen molar-refractivity contribution in [2.75, 3.05) is 0 Å². The molecule has 130 valence electrons. The van der Waals surface area contributed by atoms with E-state index in [2.05, 4.69) is 4.72 Å². The summed E-state index contributed by atoms with van der Waals surface area (Å²) in [5, 5.41) is 3.61. The van der Waals surface area contributed by atoms with Crippen molar-refractivity contribution >= 4 is 38.5 Å². The molecule has 4 nitrogen and oxygen atoms in total. The van der Waals surface area contributed by atoms with Gasteiger partial charge in [0.25, 0.3) is 0 Å². The van der Waals surface area contributed by atoms with E-state index >= 15 is 0 Å². The number of aryl methyl sites for hydroxylation is 1. The van der Waals surface area contributed by atoms with E-state index in [4.69, 9.17) is 0 Å². The Hall–Kier alpha value is -1.87. The van der Waals surface area contributed by atoms with Gasteiger partial charge in [-0.05, 0) is 54.3 Å². The third-order valence-electron chi connectivity index (χ3n) is 3.54. The van der Waals surface area contributed by atoms with E-state index < -0.39 is 15.8 Å². The standard InChI is InChI=1S/C17H14FNO3S3/c1-11-8-14(3-4-15(11)18)25(21,22)19-9-13-2-5-16(24-13)17(20)12-6-7-23-10-12/h2-8,10,19H,9H2,1H3. The molecule has 3 aromatic rings. The van der Waals surface area contributed by atoms with Gasteiger partial charge in [0.15, 0.2) is 0 Å². The molecule has 1 aromatic carbocycles. The second-order valence-electron chi connectivity index (χ2n) is 5.34. The molecule has 0 atom stereocenters. The van der Waals surface area contributed by atoms with Crippen LogP contribution in [0.4, 0.5) is 4.39 Å². The summed E-state index contributed by atoms with van der Waals surface area (Å²) in [6, 6.07) is 8.82. The van der Waals surface area contributed by atoms with Crippen LogP contribution >= 0.6 is 22.7 Å². The predicted molar refractivity (Wildman–Crippen MR) is 97.2 cm³/mol. The number of nitrogens with one attached hydrogen (secondary N) is 1. The first kappa shape index (κ1) is 17.9. The van der Waals surface area contributed by atoms with Crippen LogP contribution < -0.4 is 4.72 Å². The fourth-order valence-electron chi connectivity index (χ4n) is 2.16. The molecule has 0 aliphatic rings. The molecule has 8 heteroatoms. The maximum Gasteiger partial charge on any atom is 0.240 e. The van der Waals surface area contributed by atoms with Crippen LogP contribution in [0.3, 0.4) is 0 Å². The molecule has 0 aliphatic carbocycles. The summed E-state index contributed by atoms with van der Waals surface area (Å²) >= 11 is 2.70. The van der Waals surface area contributed by atoms with Crippen molar-refractivity contribution in [1.29, 1.82) is 0 Å². The summed E-state index contributed by atoms with van der Waals surface area (Å²) in [5.74, 6) is -0.525. The van der Waals surface area contributed by atoms with Gasteiger partial charge in [-0.3, -0.25) is 4.79 Å². The lowest BCUT2D eigenvalue weighted by atomic mass is 10.2. The zero-order valence-electron chi connectivity index (χ0n) is 13.2. The molecule has 25 heavy (non-hydrogen) atoms. The van der Waals surface area contributed by atoms with Crippen LogP contribution in [0.25, 0.3) is 0 Å². The average Bonchev–Trinajstić information content (AvgIpc) is 3.26. The number of sulfonamides is 1. The fraction of sp³-hybridized carbons (Fsp3) is 0.118. The van der Waals surface area contributed by atoms with Gasteiger partial charge in [-0.1, -0.05) is 0 Å². The summed E-state index contributed by atoms with van der Waals surface area (Å²) in [7, 11) is -3.75. The van der Waals surface area contributed by atoms with Crippen LogP contribution in [0.1, 0.15) is 25.7 Å². The minimum Gasteiger partial charge on any atom is -0.288 e. The van der Waals surface area contributed by atoms with E-state index in [1.807, 2.05) is 5.38 Å². The summed E-state index contributed by atoms with van der Waals surface area (Å²) < 4.78 is 40.4. The lowest BCUT2D eigenvalue weighted by Gasteiger charge is -2.07. The molecule has 0 aliphatic heterocycles. The third kappa shape index (κ3) is 4.04. The van der Waals surface area contributed by atoms with Gasteiger partial charge in [0, 0.05) is 22.4 Å². The van der Waals surface area contributed by atoms with Crippen LogP contribution in [-0.2, 0) is 16.6 Å². The van der Waals surface area contributed by atoms with Crippen molar-refractivity contribution in [2.24, 2.45) is 0 Å². The van der Waals surface area contributed by atoms with Gasteiger partial charge < -0.3 is 0 Å². The van der Waals surface area contributed by atoms with Crippen LogP contribution in [-0.4, -0.2) is 14.2 Å². The van der Waals surface area contributed by atoms with Crippen molar-refractivity contribution < 1.29 is 17.6 Å². The molecule has 0 radical (unpaired) electrons. The van der Waals surface area contributed by atoms with E-state index in [-0.39, 0.29) is 22.8 Å². The topological polar surface area (TPSA) is 63.2 Å². The highest BCUT2D eigenvalue weighted by Gasteiger charge is 2.17. The molecule has 0 amide bonds. The Kier molecular flexibility index (Phi) is 5.14. The number of carbonyl (C=O) groups excluding carboxylic acids is 1. The van der Waals surface area contributed by atoms with Gasteiger partial charge in [-0.15, -0.1) is 11.3 Å². The first-order chi connectivity index (χ1) is 11.9. The quantitative estimate of drug-likeness (QED) is 0.643. The zero-order valence-corrected chi connectivity index (χ0v) is 15.6. The molecule has 2 aromatic heterocycles. The molecule has 0 unspecified atom stereocenters. The summed E-state index contributed by atoms with van der Waals surface area (Å²) in [6.07, 6.45) is 0. The monoisotopic (exact) mass is 395 g/mol. The van der Waals surface area contributed by atoms with Crippen LogP contribution in [0, 0.1) is 12.7 Å². The second kappa shape index (κ2) is 7.17. The first-order valence-corrected chi connectivity index (χ1v) is 10.5. The highest BCUT2D eigenvalue weighted by Crippen LogP contribution is 2.22. The Morgan fingerprint density at radius 1 is 1.20 bits per heavy atom. The highest BCUT2D eigenvalue weighted by molar-refractivity contribution is 7.89. The Bertz CT molecular complexity index is 1010. The SMILES string of the molecule is Cc1cc(S(=O)(=O)NCc2ccc(C(=O)c3ccsc3)s2)ccc1F. The van der Waals surface area contributed by atoms with Gasteiger partial charge in [-0.25, -0.2) is 17.5 Å². The van der Waals surface area contributed by atoms with Gasteiger partial charge in [0.1, 0.15) is 5.82 Å². The summed E-state index contributed by atoms with van der Waals surface area (Å²) in [5.41, 5.74) is 0.892. The number of hydrogen-bond acceptors (Lipinski definition) is 5. The van der Waals surface area contributed by atoms with Crippen molar-refractivity contribution in [2.45, 2.75) is 18.4 Å². The van der Waals surface area contributed by atoms with Crippen LogP contribution in [0.15, 0.2) is 52.1 Å². The predicted octanol–water partition coefficient (Wildman–Crippen LogP) is 3.97.